The molecule has 2 N–H and O–H groups in total. The Morgan fingerprint density at radius 3 is 2.53 bits per heavy atom. The zero-order valence-electron chi connectivity index (χ0n) is 7.11. The standard InChI is InChI=1S/C7H5BrF4N2O/c8-6-4(9)5(15-7(10,11)12)3(1-13)2-14-6/h2H,1,13H2. The van der Waals surface area contributed by atoms with Crippen LogP contribution in [0.2, 0.25) is 0 Å². The largest absolute Gasteiger partial charge is 0.573 e. The minimum absolute atomic E-state index is 0.159. The average Bonchev–Trinajstić information content (AvgIpc) is 2.11. The SMILES string of the molecule is NCc1cnc(Br)c(F)c1OC(F)(F)F. The number of nitrogens with two attached hydrogens (primary N) is 1. The molecular weight excluding hydrogens is 284 g/mol. The van der Waals surface area contributed by atoms with Crippen LogP contribution in [-0.4, -0.2) is 11.3 Å². The summed E-state index contributed by atoms with van der Waals surface area (Å²) in [7, 11) is 0. The number of ether oxygens (including phenoxy) is 1. The van der Waals surface area contributed by atoms with E-state index < -0.39 is 17.9 Å². The molecule has 1 aromatic rings. The van der Waals surface area contributed by atoms with Gasteiger partial charge in [0.1, 0.15) is 4.60 Å². The monoisotopic (exact) mass is 288 g/mol. The van der Waals surface area contributed by atoms with Crippen LogP contribution in [0.1, 0.15) is 5.56 Å². The van der Waals surface area contributed by atoms with Gasteiger partial charge in [-0.3, -0.25) is 0 Å². The normalized spacial score (nSPS) is 11.6. The molecule has 1 aromatic heterocycles. The number of nitrogens with zero attached hydrogens (tertiary/aromatic N) is 1. The van der Waals surface area contributed by atoms with Crippen LogP contribution in [0.3, 0.4) is 0 Å². The molecule has 0 saturated carbocycles. The summed E-state index contributed by atoms with van der Waals surface area (Å²) in [6, 6.07) is 0. The summed E-state index contributed by atoms with van der Waals surface area (Å²) < 4.78 is 52.0. The van der Waals surface area contributed by atoms with Crippen molar-refractivity contribution >= 4 is 15.9 Å². The summed E-state index contributed by atoms with van der Waals surface area (Å²) in [5.74, 6) is -2.18. The van der Waals surface area contributed by atoms with E-state index in [-0.39, 0.29) is 16.7 Å². The van der Waals surface area contributed by atoms with Crippen LogP contribution in [0.5, 0.6) is 5.75 Å². The fourth-order valence-corrected chi connectivity index (χ4v) is 1.14. The molecule has 0 aliphatic rings. The van der Waals surface area contributed by atoms with Crippen LogP contribution in [-0.2, 0) is 6.54 Å². The number of hydrogen-bond acceptors (Lipinski definition) is 3. The molecule has 84 valence electrons. The van der Waals surface area contributed by atoms with Gasteiger partial charge in [-0.15, -0.1) is 13.2 Å². The highest BCUT2D eigenvalue weighted by atomic mass is 79.9. The van der Waals surface area contributed by atoms with Crippen LogP contribution >= 0.6 is 15.9 Å². The molecule has 0 radical (unpaired) electrons. The first kappa shape index (κ1) is 12.2. The fraction of sp³-hybridized carbons (Fsp3) is 0.286. The van der Waals surface area contributed by atoms with Crippen LogP contribution in [0.25, 0.3) is 0 Å². The minimum atomic E-state index is -4.97. The quantitative estimate of drug-likeness (QED) is 0.671. The van der Waals surface area contributed by atoms with Gasteiger partial charge in [0.25, 0.3) is 0 Å². The first-order valence-corrected chi connectivity index (χ1v) is 4.43. The average molecular weight is 289 g/mol. The van der Waals surface area contributed by atoms with Crippen molar-refractivity contribution < 1.29 is 22.3 Å². The highest BCUT2D eigenvalue weighted by Gasteiger charge is 2.34. The minimum Gasteiger partial charge on any atom is -0.402 e. The Balaban J connectivity index is 3.18. The molecule has 8 heteroatoms. The number of rotatable bonds is 2. The lowest BCUT2D eigenvalue weighted by Gasteiger charge is -2.13. The van der Waals surface area contributed by atoms with E-state index in [2.05, 4.69) is 25.7 Å². The van der Waals surface area contributed by atoms with Gasteiger partial charge in [-0.05, 0) is 15.9 Å². The molecule has 0 atom stereocenters. The maximum absolute atomic E-state index is 13.2. The van der Waals surface area contributed by atoms with Gasteiger partial charge in [0.2, 0.25) is 0 Å². The van der Waals surface area contributed by atoms with Crippen LogP contribution in [0.4, 0.5) is 17.6 Å². The van der Waals surface area contributed by atoms with Gasteiger partial charge in [-0.1, -0.05) is 0 Å². The summed E-state index contributed by atoms with van der Waals surface area (Å²) in [5, 5.41) is 0. The van der Waals surface area contributed by atoms with Crippen molar-refractivity contribution in [2.75, 3.05) is 0 Å². The third kappa shape index (κ3) is 3.03. The molecule has 0 fully saturated rings. The van der Waals surface area contributed by atoms with E-state index in [0.29, 0.717) is 0 Å². The summed E-state index contributed by atoms with van der Waals surface area (Å²) in [4.78, 5) is 3.45. The summed E-state index contributed by atoms with van der Waals surface area (Å²) in [6.07, 6.45) is -3.96. The second kappa shape index (κ2) is 4.31. The number of alkyl halides is 3. The van der Waals surface area contributed by atoms with Gasteiger partial charge >= 0.3 is 6.36 Å². The molecule has 1 heterocycles. The number of pyridine rings is 1. The van der Waals surface area contributed by atoms with Crippen molar-refractivity contribution in [3.8, 4) is 5.75 Å². The highest BCUT2D eigenvalue weighted by Crippen LogP contribution is 2.31. The Morgan fingerprint density at radius 1 is 1.47 bits per heavy atom. The van der Waals surface area contributed by atoms with Crippen molar-refractivity contribution in [3.63, 3.8) is 0 Å². The van der Waals surface area contributed by atoms with E-state index >= 15 is 0 Å². The second-order valence-electron chi connectivity index (χ2n) is 2.47. The van der Waals surface area contributed by atoms with E-state index in [1.165, 1.54) is 0 Å². The number of hydrogen-bond donors (Lipinski definition) is 1. The molecule has 0 aliphatic carbocycles. The van der Waals surface area contributed by atoms with Gasteiger partial charge in [0.05, 0.1) is 0 Å². The van der Waals surface area contributed by atoms with E-state index in [1.807, 2.05) is 0 Å². The Kier molecular flexibility index (Phi) is 3.50. The van der Waals surface area contributed by atoms with Crippen LogP contribution in [0.15, 0.2) is 10.8 Å². The first-order valence-electron chi connectivity index (χ1n) is 3.64. The van der Waals surface area contributed by atoms with E-state index in [1.54, 1.807) is 0 Å². The molecule has 0 bridgehead atoms. The van der Waals surface area contributed by atoms with Crippen molar-refractivity contribution in [1.29, 1.82) is 0 Å². The molecule has 3 nitrogen and oxygen atoms in total. The van der Waals surface area contributed by atoms with E-state index in [4.69, 9.17) is 5.73 Å². The molecule has 0 aromatic carbocycles. The maximum atomic E-state index is 13.2. The van der Waals surface area contributed by atoms with Gasteiger partial charge in [0.15, 0.2) is 11.6 Å². The molecular formula is C7H5BrF4N2O. The van der Waals surface area contributed by atoms with Crippen molar-refractivity contribution in [1.82, 2.24) is 4.98 Å². The number of halogens is 5. The lowest BCUT2D eigenvalue weighted by Crippen LogP contribution is -2.20. The molecule has 0 unspecified atom stereocenters. The molecule has 1 rings (SSSR count). The zero-order valence-corrected chi connectivity index (χ0v) is 8.69. The smallest absolute Gasteiger partial charge is 0.402 e. The van der Waals surface area contributed by atoms with E-state index in [0.717, 1.165) is 6.20 Å². The zero-order chi connectivity index (χ0) is 11.6. The first-order chi connectivity index (χ1) is 6.85. The lowest BCUT2D eigenvalue weighted by atomic mass is 10.2. The molecule has 15 heavy (non-hydrogen) atoms. The topological polar surface area (TPSA) is 48.1 Å². The fourth-order valence-electron chi connectivity index (χ4n) is 0.856. The third-order valence-corrected chi connectivity index (χ3v) is 2.00. The van der Waals surface area contributed by atoms with Gasteiger partial charge in [-0.25, -0.2) is 4.98 Å². The lowest BCUT2D eigenvalue weighted by molar-refractivity contribution is -0.275. The highest BCUT2D eigenvalue weighted by molar-refractivity contribution is 9.10. The Bertz CT molecular complexity index is 369. The predicted molar refractivity (Wildman–Crippen MR) is 46.5 cm³/mol. The van der Waals surface area contributed by atoms with Gasteiger partial charge in [0, 0.05) is 18.3 Å². The maximum Gasteiger partial charge on any atom is 0.573 e. The summed E-state index contributed by atoms with van der Waals surface area (Å²) in [6.45, 7) is -0.303. The van der Waals surface area contributed by atoms with Crippen LogP contribution in [0, 0.1) is 5.82 Å². The molecule has 0 amide bonds. The van der Waals surface area contributed by atoms with Gasteiger partial charge in [-0.2, -0.15) is 4.39 Å². The number of aromatic nitrogens is 1. The third-order valence-electron chi connectivity index (χ3n) is 1.44. The van der Waals surface area contributed by atoms with Crippen LogP contribution < -0.4 is 10.5 Å². The Labute approximate surface area is 90.4 Å². The molecule has 0 saturated heterocycles. The molecule has 0 spiro atoms. The summed E-state index contributed by atoms with van der Waals surface area (Å²) >= 11 is 2.64. The second-order valence-corrected chi connectivity index (χ2v) is 3.22. The Hall–Kier alpha value is -0.890. The van der Waals surface area contributed by atoms with Crippen molar-refractivity contribution in [2.45, 2.75) is 12.9 Å². The van der Waals surface area contributed by atoms with Crippen molar-refractivity contribution in [3.05, 3.63) is 22.2 Å². The predicted octanol–water partition coefficient (Wildman–Crippen LogP) is 2.34. The summed E-state index contributed by atoms with van der Waals surface area (Å²) in [5.41, 5.74) is 4.96. The Morgan fingerprint density at radius 2 is 2.07 bits per heavy atom. The van der Waals surface area contributed by atoms with Gasteiger partial charge < -0.3 is 10.5 Å². The van der Waals surface area contributed by atoms with E-state index in [9.17, 15) is 17.6 Å². The van der Waals surface area contributed by atoms with Crippen molar-refractivity contribution in [2.24, 2.45) is 5.73 Å². The molecule has 0 aliphatic heterocycles.